The van der Waals surface area contributed by atoms with Gasteiger partial charge in [0.05, 0.1) is 16.3 Å². The van der Waals surface area contributed by atoms with Gasteiger partial charge < -0.3 is 5.32 Å². The average Bonchev–Trinajstić information content (AvgIpc) is 2.61. The molecule has 0 bridgehead atoms. The molecule has 128 valence electrons. The predicted octanol–water partition coefficient (Wildman–Crippen LogP) is 4.63. The minimum absolute atomic E-state index is 0.120. The number of hydrogen-bond donors (Lipinski definition) is 1. The number of ketones is 2. The van der Waals surface area contributed by atoms with Gasteiger partial charge >= 0.3 is 0 Å². The van der Waals surface area contributed by atoms with E-state index in [4.69, 9.17) is 11.6 Å². The predicted molar refractivity (Wildman–Crippen MR) is 97.5 cm³/mol. The fourth-order valence-electron chi connectivity index (χ4n) is 2.99. The van der Waals surface area contributed by atoms with Crippen LogP contribution in [0.15, 0.2) is 36.4 Å². The SMILES string of the molecule is CCCCCC(=O)Nc1ccc2c(c1Cl)C(=O)c1ccccc1C2=O. The van der Waals surface area contributed by atoms with Crippen molar-refractivity contribution in [2.45, 2.75) is 32.6 Å². The third-order valence-corrected chi connectivity index (χ3v) is 4.70. The highest BCUT2D eigenvalue weighted by molar-refractivity contribution is 6.41. The summed E-state index contributed by atoms with van der Waals surface area (Å²) >= 11 is 6.37. The second-order valence-corrected chi connectivity index (χ2v) is 6.44. The molecule has 2 aromatic carbocycles. The quantitative estimate of drug-likeness (QED) is 0.678. The smallest absolute Gasteiger partial charge is 0.224 e. The first kappa shape index (κ1) is 17.4. The van der Waals surface area contributed by atoms with E-state index < -0.39 is 0 Å². The van der Waals surface area contributed by atoms with Crippen LogP contribution in [-0.2, 0) is 4.79 Å². The van der Waals surface area contributed by atoms with Gasteiger partial charge in [-0.3, -0.25) is 14.4 Å². The normalized spacial score (nSPS) is 12.6. The maximum absolute atomic E-state index is 12.8. The van der Waals surface area contributed by atoms with Gasteiger partial charge in [-0.05, 0) is 18.6 Å². The van der Waals surface area contributed by atoms with Crippen LogP contribution >= 0.6 is 11.6 Å². The van der Waals surface area contributed by atoms with E-state index in [1.165, 1.54) is 0 Å². The summed E-state index contributed by atoms with van der Waals surface area (Å²) in [6.07, 6.45) is 3.21. The molecular weight excluding hydrogens is 338 g/mol. The molecule has 0 aliphatic heterocycles. The molecule has 5 heteroatoms. The van der Waals surface area contributed by atoms with Crippen molar-refractivity contribution < 1.29 is 14.4 Å². The molecule has 0 heterocycles. The lowest BCUT2D eigenvalue weighted by atomic mass is 9.84. The molecule has 1 aliphatic carbocycles. The van der Waals surface area contributed by atoms with Gasteiger partial charge in [-0.2, -0.15) is 0 Å². The molecular formula is C20H18ClNO3. The number of nitrogens with one attached hydrogen (secondary N) is 1. The number of unbranched alkanes of at least 4 members (excludes halogenated alkanes) is 2. The van der Waals surface area contributed by atoms with Crippen molar-refractivity contribution in [3.05, 3.63) is 63.7 Å². The Labute approximate surface area is 151 Å². The summed E-state index contributed by atoms with van der Waals surface area (Å²) in [4.78, 5) is 37.4. The van der Waals surface area contributed by atoms with Crippen LogP contribution in [0, 0.1) is 0 Å². The van der Waals surface area contributed by atoms with E-state index in [0.29, 0.717) is 23.2 Å². The van der Waals surface area contributed by atoms with Gasteiger partial charge in [-0.1, -0.05) is 55.6 Å². The van der Waals surface area contributed by atoms with Crippen molar-refractivity contribution in [2.24, 2.45) is 0 Å². The zero-order valence-electron chi connectivity index (χ0n) is 13.9. The van der Waals surface area contributed by atoms with Gasteiger partial charge in [-0.15, -0.1) is 0 Å². The van der Waals surface area contributed by atoms with Gasteiger partial charge in [0.2, 0.25) is 5.91 Å². The van der Waals surface area contributed by atoms with Crippen LogP contribution in [0.5, 0.6) is 0 Å². The number of fused-ring (bicyclic) bond motifs is 2. The molecule has 0 saturated heterocycles. The van der Waals surface area contributed by atoms with Crippen LogP contribution in [-0.4, -0.2) is 17.5 Å². The summed E-state index contributed by atoms with van der Waals surface area (Å²) in [6.45, 7) is 2.07. The molecule has 0 unspecified atom stereocenters. The van der Waals surface area contributed by atoms with Crippen molar-refractivity contribution >= 4 is 34.8 Å². The number of carbonyl (C=O) groups is 3. The summed E-state index contributed by atoms with van der Waals surface area (Å²) in [5.41, 5.74) is 1.53. The highest BCUT2D eigenvalue weighted by atomic mass is 35.5. The molecule has 3 rings (SSSR count). The fraction of sp³-hybridized carbons (Fsp3) is 0.250. The van der Waals surface area contributed by atoms with Crippen molar-refractivity contribution in [1.29, 1.82) is 0 Å². The molecule has 2 aromatic rings. The Hall–Kier alpha value is -2.46. The largest absolute Gasteiger partial charge is 0.325 e. The number of benzene rings is 2. The molecule has 0 saturated carbocycles. The maximum Gasteiger partial charge on any atom is 0.224 e. The third kappa shape index (κ3) is 3.22. The molecule has 1 aliphatic rings. The summed E-state index contributed by atoms with van der Waals surface area (Å²) in [7, 11) is 0. The summed E-state index contributed by atoms with van der Waals surface area (Å²) < 4.78 is 0. The molecule has 4 nitrogen and oxygen atoms in total. The Morgan fingerprint density at radius 2 is 1.64 bits per heavy atom. The lowest BCUT2D eigenvalue weighted by Crippen LogP contribution is -2.22. The van der Waals surface area contributed by atoms with Gasteiger partial charge in [-0.25, -0.2) is 0 Å². The molecule has 0 spiro atoms. The van der Waals surface area contributed by atoms with E-state index in [0.717, 1.165) is 19.3 Å². The van der Waals surface area contributed by atoms with Crippen molar-refractivity contribution in [1.82, 2.24) is 0 Å². The molecule has 0 atom stereocenters. The number of halogens is 1. The lowest BCUT2D eigenvalue weighted by molar-refractivity contribution is -0.116. The Morgan fingerprint density at radius 3 is 2.32 bits per heavy atom. The van der Waals surface area contributed by atoms with Crippen molar-refractivity contribution in [2.75, 3.05) is 5.32 Å². The lowest BCUT2D eigenvalue weighted by Gasteiger charge is -2.20. The Morgan fingerprint density at radius 1 is 0.960 bits per heavy atom. The van der Waals surface area contributed by atoms with Crippen LogP contribution in [0.2, 0.25) is 5.02 Å². The van der Waals surface area contributed by atoms with Crippen molar-refractivity contribution in [3.63, 3.8) is 0 Å². The molecule has 1 amide bonds. The molecule has 1 N–H and O–H groups in total. The van der Waals surface area contributed by atoms with Crippen LogP contribution in [0.3, 0.4) is 0 Å². The summed E-state index contributed by atoms with van der Waals surface area (Å²) in [5.74, 6) is -0.671. The molecule has 0 radical (unpaired) electrons. The first-order valence-electron chi connectivity index (χ1n) is 8.35. The van der Waals surface area contributed by atoms with E-state index in [1.807, 2.05) is 0 Å². The Bertz CT molecular complexity index is 873. The van der Waals surface area contributed by atoms with Crippen LogP contribution in [0.4, 0.5) is 5.69 Å². The monoisotopic (exact) mass is 355 g/mol. The minimum atomic E-state index is -0.294. The first-order chi connectivity index (χ1) is 12.0. The number of carbonyl (C=O) groups excluding carboxylic acids is 3. The highest BCUT2D eigenvalue weighted by Crippen LogP contribution is 2.36. The standard InChI is InChI=1S/C20H18ClNO3/c1-2-3-4-9-16(23)22-15-11-10-14-17(18(15)21)20(25)13-8-6-5-7-12(13)19(14)24/h5-8,10-11H,2-4,9H2,1H3,(H,22,23). The Balaban J connectivity index is 1.93. The van der Waals surface area contributed by atoms with Crippen molar-refractivity contribution in [3.8, 4) is 0 Å². The third-order valence-electron chi connectivity index (χ3n) is 4.31. The van der Waals surface area contributed by atoms with Crippen LogP contribution < -0.4 is 5.32 Å². The van der Waals surface area contributed by atoms with E-state index in [9.17, 15) is 14.4 Å². The number of rotatable bonds is 5. The summed E-state index contributed by atoms with van der Waals surface area (Å²) in [6, 6.07) is 9.82. The molecule has 0 fully saturated rings. The van der Waals surface area contributed by atoms with E-state index in [1.54, 1.807) is 36.4 Å². The zero-order valence-corrected chi connectivity index (χ0v) is 14.7. The second-order valence-electron chi connectivity index (χ2n) is 6.06. The van der Waals surface area contributed by atoms with E-state index in [2.05, 4.69) is 12.2 Å². The highest BCUT2D eigenvalue weighted by Gasteiger charge is 2.32. The van der Waals surface area contributed by atoms with Crippen LogP contribution in [0.25, 0.3) is 0 Å². The second kappa shape index (κ2) is 7.19. The molecule has 0 aromatic heterocycles. The van der Waals surface area contributed by atoms with E-state index in [-0.39, 0.29) is 33.6 Å². The zero-order chi connectivity index (χ0) is 18.0. The Kier molecular flexibility index (Phi) is 5.00. The van der Waals surface area contributed by atoms with Crippen LogP contribution in [0.1, 0.15) is 64.4 Å². The van der Waals surface area contributed by atoms with Gasteiger partial charge in [0, 0.05) is 23.1 Å². The summed E-state index contributed by atoms with van der Waals surface area (Å²) in [5, 5.41) is 2.86. The topological polar surface area (TPSA) is 63.2 Å². The van der Waals surface area contributed by atoms with Gasteiger partial charge in [0.25, 0.3) is 0 Å². The fourth-order valence-corrected chi connectivity index (χ4v) is 3.29. The van der Waals surface area contributed by atoms with Gasteiger partial charge in [0.15, 0.2) is 11.6 Å². The maximum atomic E-state index is 12.8. The number of anilines is 1. The first-order valence-corrected chi connectivity index (χ1v) is 8.73. The van der Waals surface area contributed by atoms with E-state index >= 15 is 0 Å². The minimum Gasteiger partial charge on any atom is -0.325 e. The molecule has 25 heavy (non-hydrogen) atoms. The average molecular weight is 356 g/mol. The van der Waals surface area contributed by atoms with Gasteiger partial charge in [0.1, 0.15) is 0 Å². The number of amides is 1. The number of hydrogen-bond acceptors (Lipinski definition) is 3.